The lowest BCUT2D eigenvalue weighted by Crippen LogP contribution is -2.50. The maximum Gasteiger partial charge on any atom is 0.410 e. The molecule has 1 saturated heterocycles. The van der Waals surface area contributed by atoms with Crippen LogP contribution < -0.4 is 0 Å². The van der Waals surface area contributed by atoms with Gasteiger partial charge in [0.15, 0.2) is 5.82 Å². The number of nitrogens with zero attached hydrogens (tertiary/aromatic N) is 4. The molecule has 2 heterocycles. The number of piperidine rings is 1. The van der Waals surface area contributed by atoms with Gasteiger partial charge in [-0.05, 0) is 70.7 Å². The van der Waals surface area contributed by atoms with Crippen LogP contribution in [0.5, 0.6) is 0 Å². The summed E-state index contributed by atoms with van der Waals surface area (Å²) in [5.41, 5.74) is 0.777. The standard InChI is InChI=1S/C24H30N4O4S/c1-24(2,3)32-23(30)27-12-10-19(11-13-27)28(18-6-7-18)22(29)17-14-25-21(26-15-17)16-4-8-20(33-31)9-5-16/h4-5,8-9,14-15,18-19,31H,6-7,10-13H2,1-3H3. The van der Waals surface area contributed by atoms with E-state index < -0.39 is 5.60 Å². The lowest BCUT2D eigenvalue weighted by Gasteiger charge is -2.39. The maximum atomic E-state index is 13.4. The van der Waals surface area contributed by atoms with Gasteiger partial charge < -0.3 is 19.1 Å². The molecule has 176 valence electrons. The molecule has 33 heavy (non-hydrogen) atoms. The molecule has 1 aliphatic carbocycles. The van der Waals surface area contributed by atoms with Gasteiger partial charge in [0.1, 0.15) is 5.60 Å². The fourth-order valence-corrected chi connectivity index (χ4v) is 4.29. The summed E-state index contributed by atoms with van der Waals surface area (Å²) in [6, 6.07) is 7.60. The van der Waals surface area contributed by atoms with Gasteiger partial charge in [0.05, 0.1) is 5.56 Å². The monoisotopic (exact) mass is 470 g/mol. The van der Waals surface area contributed by atoms with E-state index in [2.05, 4.69) is 9.97 Å². The van der Waals surface area contributed by atoms with Crippen LogP contribution in [-0.2, 0) is 4.74 Å². The van der Waals surface area contributed by atoms with Gasteiger partial charge in [0.2, 0.25) is 0 Å². The van der Waals surface area contributed by atoms with Crippen LogP contribution in [0.1, 0.15) is 56.8 Å². The van der Waals surface area contributed by atoms with Crippen LogP contribution >= 0.6 is 12.0 Å². The van der Waals surface area contributed by atoms with E-state index in [1.165, 1.54) is 0 Å². The second-order valence-electron chi connectivity index (χ2n) is 9.55. The van der Waals surface area contributed by atoms with Gasteiger partial charge in [-0.3, -0.25) is 4.79 Å². The van der Waals surface area contributed by atoms with E-state index in [0.29, 0.717) is 36.5 Å². The van der Waals surface area contributed by atoms with Crippen molar-refractivity contribution in [1.82, 2.24) is 19.8 Å². The quantitative estimate of drug-likeness (QED) is 0.632. The Morgan fingerprint density at radius 3 is 2.12 bits per heavy atom. The summed E-state index contributed by atoms with van der Waals surface area (Å²) in [5, 5.41) is 0. The molecule has 2 aromatic rings. The normalized spacial score (nSPS) is 17.0. The van der Waals surface area contributed by atoms with Crippen LogP contribution in [0, 0.1) is 0 Å². The zero-order chi connectivity index (χ0) is 23.6. The summed E-state index contributed by atoms with van der Waals surface area (Å²) in [6.45, 7) is 6.74. The first-order valence-corrected chi connectivity index (χ1v) is 12.1. The first-order valence-electron chi connectivity index (χ1n) is 11.3. The fraction of sp³-hybridized carbons (Fsp3) is 0.500. The molecule has 2 amide bonds. The summed E-state index contributed by atoms with van der Waals surface area (Å²) in [4.78, 5) is 39.0. The number of hydrogen-bond acceptors (Lipinski definition) is 7. The van der Waals surface area contributed by atoms with Crippen molar-refractivity contribution in [2.45, 2.75) is 69.0 Å². The van der Waals surface area contributed by atoms with E-state index in [4.69, 9.17) is 9.29 Å². The number of carbonyl (C=O) groups excluding carboxylic acids is 2. The third-order valence-corrected chi connectivity index (χ3v) is 6.28. The van der Waals surface area contributed by atoms with Crippen LogP contribution in [0.25, 0.3) is 11.4 Å². The lowest BCUT2D eigenvalue weighted by molar-refractivity contribution is 0.0142. The van der Waals surface area contributed by atoms with Crippen molar-refractivity contribution < 1.29 is 18.9 Å². The summed E-state index contributed by atoms with van der Waals surface area (Å²) in [7, 11) is 0. The first kappa shape index (κ1) is 23.5. The van der Waals surface area contributed by atoms with E-state index in [-0.39, 0.29) is 24.1 Å². The largest absolute Gasteiger partial charge is 0.444 e. The van der Waals surface area contributed by atoms with Gasteiger partial charge >= 0.3 is 6.09 Å². The smallest absolute Gasteiger partial charge is 0.410 e. The van der Waals surface area contributed by atoms with Crippen molar-refractivity contribution in [2.75, 3.05) is 13.1 Å². The Morgan fingerprint density at radius 1 is 1.03 bits per heavy atom. The molecule has 0 unspecified atom stereocenters. The first-order chi connectivity index (χ1) is 15.7. The molecule has 1 saturated carbocycles. The molecule has 1 aromatic carbocycles. The van der Waals surface area contributed by atoms with E-state index in [0.717, 1.165) is 36.1 Å². The average molecular weight is 471 g/mol. The molecule has 0 spiro atoms. The van der Waals surface area contributed by atoms with Crippen molar-refractivity contribution >= 4 is 24.0 Å². The zero-order valence-electron chi connectivity index (χ0n) is 19.2. The zero-order valence-corrected chi connectivity index (χ0v) is 20.0. The molecule has 4 rings (SSSR count). The second-order valence-corrected chi connectivity index (χ2v) is 10.2. The molecule has 0 atom stereocenters. The number of rotatable bonds is 5. The number of likely N-dealkylation sites (tertiary alicyclic amines) is 1. The topological polar surface area (TPSA) is 95.9 Å². The number of ether oxygens (including phenoxy) is 1. The number of benzene rings is 1. The van der Waals surface area contributed by atoms with Crippen LogP contribution in [0.15, 0.2) is 41.6 Å². The summed E-state index contributed by atoms with van der Waals surface area (Å²) >= 11 is 0.688. The Balaban J connectivity index is 1.41. The molecule has 2 fully saturated rings. The molecule has 1 aromatic heterocycles. The van der Waals surface area contributed by atoms with E-state index >= 15 is 0 Å². The number of aromatic nitrogens is 2. The number of hydrogen-bond donors (Lipinski definition) is 1. The van der Waals surface area contributed by atoms with Crippen molar-refractivity contribution in [1.29, 1.82) is 0 Å². The molecule has 0 bridgehead atoms. The van der Waals surface area contributed by atoms with E-state index in [9.17, 15) is 9.59 Å². The highest BCUT2D eigenvalue weighted by Crippen LogP contribution is 2.33. The minimum absolute atomic E-state index is 0.0493. The molecule has 0 radical (unpaired) electrons. The maximum absolute atomic E-state index is 13.4. The minimum atomic E-state index is -0.518. The van der Waals surface area contributed by atoms with Crippen LogP contribution in [0.4, 0.5) is 4.79 Å². The molecular formula is C24H30N4O4S. The molecular weight excluding hydrogens is 440 g/mol. The Labute approximate surface area is 198 Å². The van der Waals surface area contributed by atoms with Gasteiger partial charge in [-0.1, -0.05) is 0 Å². The van der Waals surface area contributed by atoms with Crippen molar-refractivity contribution in [3.63, 3.8) is 0 Å². The SMILES string of the molecule is CC(C)(C)OC(=O)N1CCC(N(C(=O)c2cnc(-c3ccc(SO)cc3)nc2)C2CC2)CC1. The number of carbonyl (C=O) groups is 2. The summed E-state index contributed by atoms with van der Waals surface area (Å²) in [6.07, 6.45) is 6.36. The highest BCUT2D eigenvalue weighted by atomic mass is 32.2. The molecule has 8 nitrogen and oxygen atoms in total. The Morgan fingerprint density at radius 2 is 1.61 bits per heavy atom. The Bertz CT molecular complexity index is 979. The number of amides is 2. The van der Waals surface area contributed by atoms with E-state index in [1.807, 2.05) is 37.8 Å². The highest BCUT2D eigenvalue weighted by molar-refractivity contribution is 7.93. The van der Waals surface area contributed by atoms with Crippen molar-refractivity contribution in [3.05, 3.63) is 42.2 Å². The van der Waals surface area contributed by atoms with Crippen molar-refractivity contribution in [2.24, 2.45) is 0 Å². The van der Waals surface area contributed by atoms with Gasteiger partial charge in [-0.2, -0.15) is 0 Å². The molecule has 2 aliphatic rings. The highest BCUT2D eigenvalue weighted by Gasteiger charge is 2.40. The molecule has 9 heteroatoms. The Kier molecular flexibility index (Phi) is 6.90. The predicted octanol–water partition coefficient (Wildman–Crippen LogP) is 4.71. The lowest BCUT2D eigenvalue weighted by atomic mass is 10.0. The van der Waals surface area contributed by atoms with Crippen LogP contribution in [0.2, 0.25) is 0 Å². The predicted molar refractivity (Wildman–Crippen MR) is 126 cm³/mol. The third kappa shape index (κ3) is 5.83. The minimum Gasteiger partial charge on any atom is -0.444 e. The van der Waals surface area contributed by atoms with E-state index in [1.54, 1.807) is 29.4 Å². The third-order valence-electron chi connectivity index (χ3n) is 5.80. The van der Waals surface area contributed by atoms with Crippen molar-refractivity contribution in [3.8, 4) is 11.4 Å². The fourth-order valence-electron chi connectivity index (χ4n) is 4.04. The second kappa shape index (κ2) is 9.69. The van der Waals surface area contributed by atoms with Gasteiger partial charge in [-0.25, -0.2) is 14.8 Å². The Hall–Kier alpha value is -2.65. The summed E-state index contributed by atoms with van der Waals surface area (Å²) < 4.78 is 14.6. The average Bonchev–Trinajstić information content (AvgIpc) is 3.64. The van der Waals surface area contributed by atoms with Gasteiger partial charge in [0, 0.05) is 60.1 Å². The van der Waals surface area contributed by atoms with Crippen LogP contribution in [-0.4, -0.2) is 67.1 Å². The van der Waals surface area contributed by atoms with Gasteiger partial charge in [0.25, 0.3) is 5.91 Å². The van der Waals surface area contributed by atoms with Gasteiger partial charge in [-0.15, -0.1) is 0 Å². The summed E-state index contributed by atoms with van der Waals surface area (Å²) in [5.74, 6) is 0.483. The van der Waals surface area contributed by atoms with Crippen LogP contribution in [0.3, 0.4) is 0 Å². The molecule has 1 N–H and O–H groups in total. The molecule has 1 aliphatic heterocycles.